The number of aromatic hydroxyl groups is 1. The topological polar surface area (TPSA) is 55.8 Å². The number of carbonyl (C=O) groups is 1. The summed E-state index contributed by atoms with van der Waals surface area (Å²) in [5.41, 5.74) is 0. The summed E-state index contributed by atoms with van der Waals surface area (Å²) in [5.74, 6) is 0.495. The number of carbonyl (C=O) groups excluding carboxylic acids is 1. The second-order valence-electron chi connectivity index (χ2n) is 3.57. The van der Waals surface area contributed by atoms with Crippen LogP contribution >= 0.6 is 12.6 Å². The molecule has 0 aliphatic heterocycles. The predicted molar refractivity (Wildman–Crippen MR) is 66.7 cm³/mol. The molecular formula is C12H16O4S. The molecule has 94 valence electrons. The summed E-state index contributed by atoms with van der Waals surface area (Å²) in [7, 11) is 1.37. The minimum atomic E-state index is -0.208. The van der Waals surface area contributed by atoms with E-state index in [2.05, 4.69) is 17.4 Å². The first kappa shape index (κ1) is 13.7. The summed E-state index contributed by atoms with van der Waals surface area (Å²) in [4.78, 5) is 11.5. The lowest BCUT2D eigenvalue weighted by atomic mass is 10.2. The number of rotatable bonds is 6. The van der Waals surface area contributed by atoms with Crippen molar-refractivity contribution < 1.29 is 19.4 Å². The van der Waals surface area contributed by atoms with Crippen molar-refractivity contribution in [3.05, 3.63) is 18.2 Å². The highest BCUT2D eigenvalue weighted by Gasteiger charge is 2.01. The van der Waals surface area contributed by atoms with Gasteiger partial charge in [0, 0.05) is 17.4 Å². The number of phenolic OH excluding ortho intramolecular Hbond substituents is 1. The molecule has 0 amide bonds. The van der Waals surface area contributed by atoms with E-state index in [1.54, 1.807) is 6.07 Å². The van der Waals surface area contributed by atoms with Crippen LogP contribution in [0.2, 0.25) is 0 Å². The lowest BCUT2D eigenvalue weighted by Gasteiger charge is -2.07. The molecule has 0 radical (unpaired) electrons. The van der Waals surface area contributed by atoms with E-state index in [1.165, 1.54) is 19.2 Å². The molecule has 1 aromatic carbocycles. The molecule has 5 heteroatoms. The van der Waals surface area contributed by atoms with Gasteiger partial charge in [-0.15, -0.1) is 12.6 Å². The largest absolute Gasteiger partial charge is 0.508 e. The van der Waals surface area contributed by atoms with Crippen molar-refractivity contribution >= 4 is 18.6 Å². The van der Waals surface area contributed by atoms with Crippen LogP contribution in [0, 0.1) is 0 Å². The Labute approximate surface area is 106 Å². The van der Waals surface area contributed by atoms with Gasteiger partial charge in [-0.05, 0) is 25.0 Å². The Morgan fingerprint density at radius 2 is 2.12 bits per heavy atom. The summed E-state index contributed by atoms with van der Waals surface area (Å²) in [6, 6.07) is 4.79. The second-order valence-corrected chi connectivity index (χ2v) is 4.08. The molecule has 0 unspecified atom stereocenters. The number of hydrogen-bond acceptors (Lipinski definition) is 5. The zero-order chi connectivity index (χ0) is 12.7. The number of hydrogen-bond donors (Lipinski definition) is 2. The standard InChI is InChI=1S/C12H16O4S/c1-15-12(14)4-2-3-5-16-10-6-9(13)7-11(17)8-10/h6-8,13,17H,2-5H2,1H3. The van der Waals surface area contributed by atoms with Crippen LogP contribution in [0.15, 0.2) is 23.1 Å². The number of phenols is 1. The predicted octanol–water partition coefficient (Wildman–Crippen LogP) is 2.40. The molecule has 0 spiro atoms. The SMILES string of the molecule is COC(=O)CCCCOc1cc(O)cc(S)c1. The quantitative estimate of drug-likeness (QED) is 0.466. The van der Waals surface area contributed by atoms with Gasteiger partial charge in [-0.3, -0.25) is 4.79 Å². The lowest BCUT2D eigenvalue weighted by molar-refractivity contribution is -0.140. The molecule has 0 aliphatic rings. The number of esters is 1. The number of benzene rings is 1. The highest BCUT2D eigenvalue weighted by atomic mass is 32.1. The fraction of sp³-hybridized carbons (Fsp3) is 0.417. The van der Waals surface area contributed by atoms with E-state index < -0.39 is 0 Å². The minimum absolute atomic E-state index is 0.127. The molecule has 1 N–H and O–H groups in total. The van der Waals surface area contributed by atoms with Crippen LogP contribution in [0.1, 0.15) is 19.3 Å². The molecule has 0 fully saturated rings. The molecule has 17 heavy (non-hydrogen) atoms. The van der Waals surface area contributed by atoms with E-state index in [1.807, 2.05) is 0 Å². The molecule has 0 bridgehead atoms. The number of thiol groups is 1. The average Bonchev–Trinajstić information content (AvgIpc) is 2.27. The van der Waals surface area contributed by atoms with Gasteiger partial charge in [-0.1, -0.05) is 0 Å². The average molecular weight is 256 g/mol. The second kappa shape index (κ2) is 7.06. The van der Waals surface area contributed by atoms with Gasteiger partial charge >= 0.3 is 5.97 Å². The molecule has 4 nitrogen and oxygen atoms in total. The normalized spacial score (nSPS) is 10.0. The van der Waals surface area contributed by atoms with Crippen LogP contribution in [-0.2, 0) is 9.53 Å². The highest BCUT2D eigenvalue weighted by molar-refractivity contribution is 7.80. The molecular weight excluding hydrogens is 240 g/mol. The van der Waals surface area contributed by atoms with Crippen molar-refractivity contribution in [1.82, 2.24) is 0 Å². The number of methoxy groups -OCH3 is 1. The van der Waals surface area contributed by atoms with Crippen molar-refractivity contribution in [2.45, 2.75) is 24.2 Å². The van der Waals surface area contributed by atoms with Gasteiger partial charge in [0.05, 0.1) is 13.7 Å². The van der Waals surface area contributed by atoms with Gasteiger partial charge in [0.25, 0.3) is 0 Å². The van der Waals surface area contributed by atoms with Gasteiger partial charge in [0.1, 0.15) is 11.5 Å². The highest BCUT2D eigenvalue weighted by Crippen LogP contribution is 2.23. The Balaban J connectivity index is 2.24. The Morgan fingerprint density at radius 1 is 1.35 bits per heavy atom. The summed E-state index contributed by atoms with van der Waals surface area (Å²) < 4.78 is 9.95. The fourth-order valence-corrected chi connectivity index (χ4v) is 1.57. The fourth-order valence-electron chi connectivity index (χ4n) is 1.31. The molecule has 0 aromatic heterocycles. The van der Waals surface area contributed by atoms with Crippen molar-refractivity contribution in [3.63, 3.8) is 0 Å². The van der Waals surface area contributed by atoms with Crippen molar-refractivity contribution in [2.75, 3.05) is 13.7 Å². The Hall–Kier alpha value is -1.36. The summed E-state index contributed by atoms with van der Waals surface area (Å²) in [6.07, 6.45) is 1.88. The summed E-state index contributed by atoms with van der Waals surface area (Å²) >= 11 is 4.13. The van der Waals surface area contributed by atoms with E-state index in [0.29, 0.717) is 23.7 Å². The minimum Gasteiger partial charge on any atom is -0.508 e. The first-order valence-corrected chi connectivity index (χ1v) is 5.79. The third kappa shape index (κ3) is 5.49. The van der Waals surface area contributed by atoms with Crippen molar-refractivity contribution in [2.24, 2.45) is 0 Å². The molecule has 0 saturated heterocycles. The Bertz CT molecular complexity index is 359. The van der Waals surface area contributed by atoms with Gasteiger partial charge in [0.15, 0.2) is 0 Å². The van der Waals surface area contributed by atoms with Crippen molar-refractivity contribution in [1.29, 1.82) is 0 Å². The monoisotopic (exact) mass is 256 g/mol. The summed E-state index contributed by atoms with van der Waals surface area (Å²) in [6.45, 7) is 0.494. The Morgan fingerprint density at radius 3 is 2.76 bits per heavy atom. The van der Waals surface area contributed by atoms with Crippen molar-refractivity contribution in [3.8, 4) is 11.5 Å². The number of ether oxygens (including phenoxy) is 2. The maximum atomic E-state index is 10.8. The van der Waals surface area contributed by atoms with Crippen LogP contribution in [-0.4, -0.2) is 24.8 Å². The molecule has 0 heterocycles. The van der Waals surface area contributed by atoms with E-state index >= 15 is 0 Å². The van der Waals surface area contributed by atoms with Crippen LogP contribution < -0.4 is 4.74 Å². The third-order valence-corrected chi connectivity index (χ3v) is 2.41. The molecule has 1 aromatic rings. The number of unbranched alkanes of at least 4 members (excludes halogenated alkanes) is 1. The van der Waals surface area contributed by atoms with Crippen LogP contribution in [0.5, 0.6) is 11.5 Å². The maximum Gasteiger partial charge on any atom is 0.305 e. The smallest absolute Gasteiger partial charge is 0.305 e. The van der Waals surface area contributed by atoms with Gasteiger partial charge in [-0.2, -0.15) is 0 Å². The van der Waals surface area contributed by atoms with E-state index in [9.17, 15) is 9.90 Å². The van der Waals surface area contributed by atoms with E-state index in [0.717, 1.165) is 12.8 Å². The van der Waals surface area contributed by atoms with Gasteiger partial charge in [-0.25, -0.2) is 0 Å². The molecule has 0 saturated carbocycles. The van der Waals surface area contributed by atoms with Gasteiger partial charge < -0.3 is 14.6 Å². The first-order chi connectivity index (χ1) is 8.11. The zero-order valence-corrected chi connectivity index (χ0v) is 10.6. The third-order valence-electron chi connectivity index (χ3n) is 2.15. The first-order valence-electron chi connectivity index (χ1n) is 5.34. The van der Waals surface area contributed by atoms with Crippen LogP contribution in [0.25, 0.3) is 0 Å². The summed E-state index contributed by atoms with van der Waals surface area (Å²) in [5, 5.41) is 9.31. The lowest BCUT2D eigenvalue weighted by Crippen LogP contribution is -2.02. The van der Waals surface area contributed by atoms with E-state index in [-0.39, 0.29) is 11.7 Å². The Kier molecular flexibility index (Phi) is 5.69. The molecule has 0 aliphatic carbocycles. The maximum absolute atomic E-state index is 10.8. The molecule has 1 rings (SSSR count). The van der Waals surface area contributed by atoms with Crippen LogP contribution in [0.3, 0.4) is 0 Å². The van der Waals surface area contributed by atoms with Gasteiger partial charge in [0.2, 0.25) is 0 Å². The van der Waals surface area contributed by atoms with E-state index in [4.69, 9.17) is 4.74 Å². The molecule has 0 atom stereocenters. The zero-order valence-electron chi connectivity index (χ0n) is 9.68. The van der Waals surface area contributed by atoms with Crippen LogP contribution in [0.4, 0.5) is 0 Å².